The average molecular weight is 281 g/mol. The Morgan fingerprint density at radius 3 is 3.00 bits per heavy atom. The number of likely N-dealkylation sites (N-methyl/N-ethyl adjacent to an activating group) is 1. The summed E-state index contributed by atoms with van der Waals surface area (Å²) in [6.45, 7) is 2.77. The van der Waals surface area contributed by atoms with Gasteiger partial charge in [0.15, 0.2) is 0 Å². The molecule has 7 heteroatoms. The largest absolute Gasteiger partial charge is 0.496 e. The SMILES string of the molecule is CNCC1CN(c2cc(OC)cc([N+](=O)[O-])c2)CCO1. The van der Waals surface area contributed by atoms with Gasteiger partial charge in [-0.05, 0) is 7.05 Å². The van der Waals surface area contributed by atoms with Crippen molar-refractivity contribution < 1.29 is 14.4 Å². The van der Waals surface area contributed by atoms with Crippen molar-refractivity contribution in [1.29, 1.82) is 0 Å². The summed E-state index contributed by atoms with van der Waals surface area (Å²) in [5.41, 5.74) is 0.830. The van der Waals surface area contributed by atoms with Gasteiger partial charge in [-0.3, -0.25) is 10.1 Å². The second-order valence-electron chi connectivity index (χ2n) is 4.64. The highest BCUT2D eigenvalue weighted by molar-refractivity contribution is 5.58. The lowest BCUT2D eigenvalue weighted by molar-refractivity contribution is -0.384. The molecule has 1 heterocycles. The van der Waals surface area contributed by atoms with Gasteiger partial charge in [0.25, 0.3) is 5.69 Å². The maximum Gasteiger partial charge on any atom is 0.275 e. The lowest BCUT2D eigenvalue weighted by Gasteiger charge is -2.34. The highest BCUT2D eigenvalue weighted by Crippen LogP contribution is 2.29. The molecule has 1 aromatic carbocycles. The highest BCUT2D eigenvalue weighted by atomic mass is 16.6. The number of benzene rings is 1. The van der Waals surface area contributed by atoms with E-state index in [2.05, 4.69) is 10.2 Å². The minimum Gasteiger partial charge on any atom is -0.496 e. The third-order valence-electron chi connectivity index (χ3n) is 3.26. The molecule has 20 heavy (non-hydrogen) atoms. The van der Waals surface area contributed by atoms with Crippen LogP contribution in [-0.4, -0.2) is 51.4 Å². The third kappa shape index (κ3) is 3.37. The molecule has 0 spiro atoms. The minimum atomic E-state index is -0.405. The summed E-state index contributed by atoms with van der Waals surface area (Å²) in [5, 5.41) is 14.0. The number of nitro benzene ring substituents is 1. The molecule has 0 amide bonds. The van der Waals surface area contributed by atoms with E-state index < -0.39 is 4.92 Å². The number of nitrogens with zero attached hydrogens (tertiary/aromatic N) is 2. The predicted molar refractivity (Wildman–Crippen MR) is 75.5 cm³/mol. The lowest BCUT2D eigenvalue weighted by Crippen LogP contribution is -2.46. The first-order valence-electron chi connectivity index (χ1n) is 6.48. The Bertz CT molecular complexity index is 479. The van der Waals surface area contributed by atoms with Crippen LogP contribution in [0, 0.1) is 10.1 Å². The summed E-state index contributed by atoms with van der Waals surface area (Å²) < 4.78 is 10.8. The van der Waals surface area contributed by atoms with Crippen molar-refractivity contribution in [1.82, 2.24) is 5.32 Å². The highest BCUT2D eigenvalue weighted by Gasteiger charge is 2.22. The summed E-state index contributed by atoms with van der Waals surface area (Å²) >= 11 is 0. The third-order valence-corrected chi connectivity index (χ3v) is 3.26. The molecule has 1 unspecified atom stereocenters. The van der Waals surface area contributed by atoms with E-state index in [1.165, 1.54) is 13.2 Å². The van der Waals surface area contributed by atoms with Gasteiger partial charge in [-0.25, -0.2) is 0 Å². The molecule has 110 valence electrons. The van der Waals surface area contributed by atoms with Crippen LogP contribution in [0.1, 0.15) is 0 Å². The fourth-order valence-corrected chi connectivity index (χ4v) is 2.28. The molecule has 1 aliphatic heterocycles. The Morgan fingerprint density at radius 2 is 2.35 bits per heavy atom. The number of hydrogen-bond acceptors (Lipinski definition) is 6. The Morgan fingerprint density at radius 1 is 1.55 bits per heavy atom. The van der Waals surface area contributed by atoms with Gasteiger partial charge in [0.05, 0.1) is 30.8 Å². The van der Waals surface area contributed by atoms with Gasteiger partial charge >= 0.3 is 0 Å². The van der Waals surface area contributed by atoms with Crippen molar-refractivity contribution in [2.75, 3.05) is 45.3 Å². The van der Waals surface area contributed by atoms with Crippen LogP contribution in [0.15, 0.2) is 18.2 Å². The number of morpholine rings is 1. The maximum atomic E-state index is 11.0. The van der Waals surface area contributed by atoms with E-state index in [-0.39, 0.29) is 11.8 Å². The van der Waals surface area contributed by atoms with Crippen LogP contribution in [0.25, 0.3) is 0 Å². The van der Waals surface area contributed by atoms with Crippen LogP contribution < -0.4 is 15.0 Å². The molecule has 1 saturated heterocycles. The zero-order valence-corrected chi connectivity index (χ0v) is 11.7. The van der Waals surface area contributed by atoms with E-state index in [1.54, 1.807) is 6.07 Å². The van der Waals surface area contributed by atoms with Gasteiger partial charge in [0.1, 0.15) is 5.75 Å². The van der Waals surface area contributed by atoms with Crippen molar-refractivity contribution in [3.63, 3.8) is 0 Å². The topological polar surface area (TPSA) is 76.9 Å². The molecule has 0 radical (unpaired) electrons. The fraction of sp³-hybridized carbons (Fsp3) is 0.538. The molecular formula is C13H19N3O4. The first kappa shape index (κ1) is 14.5. The quantitative estimate of drug-likeness (QED) is 0.641. The van der Waals surface area contributed by atoms with E-state index in [0.29, 0.717) is 25.4 Å². The van der Waals surface area contributed by atoms with Gasteiger partial charge < -0.3 is 19.7 Å². The summed E-state index contributed by atoms with van der Waals surface area (Å²) in [6.07, 6.45) is 0.0824. The Labute approximate surface area is 117 Å². The standard InChI is InChI=1S/C13H19N3O4/c1-14-8-13-9-15(3-4-20-13)10-5-11(16(17)18)7-12(6-10)19-2/h5-7,13-14H,3-4,8-9H2,1-2H3. The van der Waals surface area contributed by atoms with Gasteiger partial charge in [-0.15, -0.1) is 0 Å². The van der Waals surface area contributed by atoms with E-state index in [0.717, 1.165) is 12.2 Å². The summed E-state index contributed by atoms with van der Waals surface area (Å²) in [4.78, 5) is 12.6. The average Bonchev–Trinajstić information content (AvgIpc) is 2.47. The smallest absolute Gasteiger partial charge is 0.275 e. The normalized spacial score (nSPS) is 18.9. The van der Waals surface area contributed by atoms with Gasteiger partial charge in [-0.2, -0.15) is 0 Å². The number of non-ortho nitro benzene ring substituents is 1. The second-order valence-corrected chi connectivity index (χ2v) is 4.64. The van der Waals surface area contributed by atoms with Crippen molar-refractivity contribution in [2.45, 2.75) is 6.10 Å². The number of anilines is 1. The van der Waals surface area contributed by atoms with Gasteiger partial charge in [-0.1, -0.05) is 0 Å². The predicted octanol–water partition coefficient (Wildman–Crippen LogP) is 1.03. The van der Waals surface area contributed by atoms with Crippen molar-refractivity contribution >= 4 is 11.4 Å². The molecule has 1 fully saturated rings. The number of nitro groups is 1. The molecule has 0 saturated carbocycles. The minimum absolute atomic E-state index is 0.0380. The first-order valence-corrected chi connectivity index (χ1v) is 6.48. The number of rotatable bonds is 5. The summed E-state index contributed by atoms with van der Waals surface area (Å²) in [5.74, 6) is 0.492. The Hall–Kier alpha value is -1.86. The molecule has 1 atom stereocenters. The number of ether oxygens (including phenoxy) is 2. The molecule has 1 aliphatic rings. The lowest BCUT2D eigenvalue weighted by atomic mass is 10.2. The van der Waals surface area contributed by atoms with Crippen LogP contribution in [0.2, 0.25) is 0 Å². The van der Waals surface area contributed by atoms with Crippen molar-refractivity contribution in [2.24, 2.45) is 0 Å². The second kappa shape index (κ2) is 6.53. The number of nitrogens with one attached hydrogen (secondary N) is 1. The molecule has 2 rings (SSSR count). The van der Waals surface area contributed by atoms with Gasteiger partial charge in [0, 0.05) is 37.5 Å². The summed E-state index contributed by atoms with van der Waals surface area (Å²) in [6, 6.07) is 4.81. The monoisotopic (exact) mass is 281 g/mol. The Balaban J connectivity index is 2.22. The van der Waals surface area contributed by atoms with Crippen LogP contribution in [0.3, 0.4) is 0 Å². The first-order chi connectivity index (χ1) is 9.63. The van der Waals surface area contributed by atoms with E-state index in [9.17, 15) is 10.1 Å². The molecule has 7 nitrogen and oxygen atoms in total. The maximum absolute atomic E-state index is 11.0. The zero-order valence-electron chi connectivity index (χ0n) is 11.7. The van der Waals surface area contributed by atoms with E-state index in [1.807, 2.05) is 13.1 Å². The number of methoxy groups -OCH3 is 1. The molecule has 0 aliphatic carbocycles. The molecule has 1 aromatic rings. The molecular weight excluding hydrogens is 262 g/mol. The van der Waals surface area contributed by atoms with Gasteiger partial charge in [0.2, 0.25) is 0 Å². The number of hydrogen-bond donors (Lipinski definition) is 1. The molecule has 0 aromatic heterocycles. The van der Waals surface area contributed by atoms with Crippen molar-refractivity contribution in [3.8, 4) is 5.75 Å². The van der Waals surface area contributed by atoms with E-state index >= 15 is 0 Å². The molecule has 1 N–H and O–H groups in total. The van der Waals surface area contributed by atoms with Crippen molar-refractivity contribution in [3.05, 3.63) is 28.3 Å². The fourth-order valence-electron chi connectivity index (χ4n) is 2.28. The van der Waals surface area contributed by atoms with Crippen LogP contribution in [-0.2, 0) is 4.74 Å². The molecule has 0 bridgehead atoms. The van der Waals surface area contributed by atoms with Crippen LogP contribution in [0.4, 0.5) is 11.4 Å². The Kier molecular flexibility index (Phi) is 4.75. The van der Waals surface area contributed by atoms with E-state index in [4.69, 9.17) is 9.47 Å². The summed E-state index contributed by atoms with van der Waals surface area (Å²) in [7, 11) is 3.38. The van der Waals surface area contributed by atoms with Crippen LogP contribution in [0.5, 0.6) is 5.75 Å². The van der Waals surface area contributed by atoms with Crippen LogP contribution >= 0.6 is 0 Å². The zero-order chi connectivity index (χ0) is 14.5.